The number of pyridine rings is 3. The molecule has 25 nitrogen and oxygen atoms in total. The van der Waals surface area contributed by atoms with Crippen LogP contribution in [0.2, 0.25) is 15.1 Å². The van der Waals surface area contributed by atoms with Crippen molar-refractivity contribution in [2.24, 2.45) is 12.0 Å². The summed E-state index contributed by atoms with van der Waals surface area (Å²) >= 11 is 26.7. The maximum absolute atomic E-state index is 14.6. The van der Waals surface area contributed by atoms with Gasteiger partial charge in [0.25, 0.3) is 23.2 Å². The smallest absolute Gasteiger partial charge is 0.431 e. The minimum Gasteiger partial charge on any atom is -0.475 e. The number of hydrogen-bond donors (Lipinski definition) is 1. The van der Waals surface area contributed by atoms with Crippen molar-refractivity contribution in [3.05, 3.63) is 168 Å². The predicted molar refractivity (Wildman–Crippen MR) is 366 cm³/mol. The quantitative estimate of drug-likeness (QED) is 0.0115. The molecule has 0 aliphatic carbocycles. The maximum atomic E-state index is 14.6. The highest BCUT2D eigenvalue weighted by molar-refractivity contribution is 14.0. The lowest BCUT2D eigenvalue weighted by molar-refractivity contribution is -0.193. The Morgan fingerprint density at radius 3 is 1.31 bits per heavy atom. The first-order valence-corrected chi connectivity index (χ1v) is 28.5. The van der Waals surface area contributed by atoms with Crippen LogP contribution in [0.3, 0.4) is 0 Å². The van der Waals surface area contributed by atoms with Crippen LogP contribution >= 0.6 is 82.0 Å². The van der Waals surface area contributed by atoms with Gasteiger partial charge in [-0.3, -0.25) is 14.2 Å². The van der Waals surface area contributed by atoms with Gasteiger partial charge in [-0.25, -0.2) is 47.1 Å². The second-order valence-electron chi connectivity index (χ2n) is 17.2. The molecule has 0 aliphatic heterocycles. The van der Waals surface area contributed by atoms with Gasteiger partial charge in [-0.05, 0) is 118 Å². The lowest BCUT2D eigenvalue weighted by atomic mass is 10.2. The van der Waals surface area contributed by atoms with Crippen molar-refractivity contribution >= 4 is 129 Å². The molecule has 0 spiro atoms. The lowest BCUT2D eigenvalue weighted by Crippen LogP contribution is -2.41. The number of alkyl halides is 3. The molecule has 0 saturated heterocycles. The summed E-state index contributed by atoms with van der Waals surface area (Å²) in [7, 11) is 0.819. The molecule has 7 rings (SSSR count). The van der Waals surface area contributed by atoms with E-state index < -0.39 is 51.0 Å². The number of ether oxygens (including phenoxy) is 7. The highest BCUT2D eigenvalue weighted by Crippen LogP contribution is 2.40. The van der Waals surface area contributed by atoms with Crippen LogP contribution in [-0.4, -0.2) is 85.7 Å². The predicted octanol–water partition coefficient (Wildman–Crippen LogP) is 16.7. The number of benzene rings is 3. The topological polar surface area (TPSA) is 339 Å². The van der Waals surface area contributed by atoms with Gasteiger partial charge < -0.3 is 38.9 Å². The molecule has 546 valence electrons. The van der Waals surface area contributed by atoms with E-state index in [9.17, 15) is 45.5 Å². The lowest BCUT2D eigenvalue weighted by Gasteiger charge is -2.16. The van der Waals surface area contributed by atoms with Crippen LogP contribution in [0.15, 0.2) is 124 Å². The fourth-order valence-corrected chi connectivity index (χ4v) is 6.87. The third-order valence-electron chi connectivity index (χ3n) is 9.96. The third kappa shape index (κ3) is 36.9. The van der Waals surface area contributed by atoms with Gasteiger partial charge in [0.15, 0.2) is 23.1 Å². The molecule has 0 fully saturated rings. The van der Waals surface area contributed by atoms with Crippen molar-refractivity contribution in [1.82, 2.24) is 24.1 Å². The van der Waals surface area contributed by atoms with Crippen molar-refractivity contribution in [1.29, 1.82) is 0 Å². The molecule has 3 aromatic carbocycles. The Morgan fingerprint density at radius 1 is 0.600 bits per heavy atom. The Kier molecular flexibility index (Phi) is 54.0. The Balaban J connectivity index is -0.000000392. The summed E-state index contributed by atoms with van der Waals surface area (Å²) in [6.07, 6.45) is 5.52. The highest BCUT2D eigenvalue weighted by Gasteiger charge is 2.35. The van der Waals surface area contributed by atoms with Gasteiger partial charge in [0.05, 0.1) is 52.9 Å². The van der Waals surface area contributed by atoms with Crippen LogP contribution in [0.25, 0.3) is 5.69 Å². The summed E-state index contributed by atoms with van der Waals surface area (Å²) < 4.78 is 118. The van der Waals surface area contributed by atoms with Crippen LogP contribution in [0, 0.1) is 17.5 Å². The first kappa shape index (κ1) is 99.2. The number of halogens is 12. The summed E-state index contributed by atoms with van der Waals surface area (Å²) in [6.45, 7) is 13.1. The van der Waals surface area contributed by atoms with E-state index in [1.807, 2.05) is 34.6 Å². The van der Waals surface area contributed by atoms with E-state index in [1.165, 1.54) is 36.6 Å². The van der Waals surface area contributed by atoms with Gasteiger partial charge in [0.1, 0.15) is 40.3 Å². The largest absolute Gasteiger partial charge is 0.475 e. The Hall–Kier alpha value is -9.45. The second kappa shape index (κ2) is 54.5. The van der Waals surface area contributed by atoms with E-state index in [2.05, 4.69) is 47.9 Å². The molecule has 0 bridgehead atoms. The van der Waals surface area contributed by atoms with E-state index in [4.69, 9.17) is 103 Å². The highest BCUT2D eigenvalue weighted by atomic mass is 127. The Morgan fingerprint density at radius 2 is 0.960 bits per heavy atom. The van der Waals surface area contributed by atoms with Gasteiger partial charge in [-0.1, -0.05) is 83.4 Å². The van der Waals surface area contributed by atoms with Crippen molar-refractivity contribution < 1.29 is 103 Å². The van der Waals surface area contributed by atoms with Crippen LogP contribution in [0.1, 0.15) is 88.8 Å². The van der Waals surface area contributed by atoms with E-state index >= 15 is 0 Å². The summed E-state index contributed by atoms with van der Waals surface area (Å²) in [5.74, 6) is -0.875. The molecule has 100 heavy (non-hydrogen) atoms. The summed E-state index contributed by atoms with van der Waals surface area (Å²) in [5.41, 5.74) is 1.34. The minimum atomic E-state index is -4.95. The van der Waals surface area contributed by atoms with Crippen molar-refractivity contribution in [2.45, 2.75) is 89.3 Å². The molecule has 4 aromatic heterocycles. The average Bonchev–Trinajstić information content (AvgIpc) is 0.766. The number of allylic oxidation sites excluding steroid dienone is 1. The molecule has 0 aliphatic rings. The van der Waals surface area contributed by atoms with Gasteiger partial charge in [0, 0.05) is 56.0 Å². The Labute approximate surface area is 611 Å². The zero-order valence-electron chi connectivity index (χ0n) is 51.4. The maximum Gasteiger partial charge on any atom is 0.431 e. The van der Waals surface area contributed by atoms with Gasteiger partial charge >= 0.3 is 41.0 Å². The van der Waals surface area contributed by atoms with Crippen LogP contribution in [0.4, 0.5) is 42.5 Å². The van der Waals surface area contributed by atoms with E-state index in [0.29, 0.717) is 56.1 Å². The van der Waals surface area contributed by atoms with E-state index in [0.717, 1.165) is 49.7 Å². The van der Waals surface area contributed by atoms with Gasteiger partial charge in [-0.15, -0.1) is 24.0 Å². The first-order valence-electron chi connectivity index (χ1n) is 26.6. The summed E-state index contributed by atoms with van der Waals surface area (Å²) in [5, 5.41) is -0.0528. The van der Waals surface area contributed by atoms with Crippen LogP contribution in [-0.2, 0) is 56.3 Å². The second-order valence-corrected chi connectivity index (χ2v) is 19.3. The number of nitrogens with zero attached hydrogens (tertiary/aromatic N) is 6. The molecule has 7 aromatic rings. The summed E-state index contributed by atoms with van der Waals surface area (Å²) in [4.78, 5) is 119. The van der Waals surface area contributed by atoms with E-state index in [1.54, 1.807) is 49.6 Å². The van der Waals surface area contributed by atoms with Crippen LogP contribution in [0.5, 0.6) is 52.1 Å². The number of aliphatic imine (C=N–C) groups is 1. The van der Waals surface area contributed by atoms with E-state index in [-0.39, 0.29) is 141 Å². The average molecular weight is 1630 g/mol. The molecule has 0 saturated carbocycles. The fourth-order valence-electron chi connectivity index (χ4n) is 6.30. The third-order valence-corrected chi connectivity index (χ3v) is 10.8. The fraction of sp³-hybridized carbons (Fsp3) is 0.286. The number of hydrogen-bond acceptors (Lipinski definition) is 23. The standard InChI is InChI=1S/C20H16ClF4N3O4.C15H12ClFN2O3.C14H14ClFN2O2.C7H12O2.CCl2O.3CO2.3CH4.HI/c1-3-7-31-18-14(5-4-6-26-18)32-15-9-13(12(22)8-11(15)21)28-17(29)10-16(20(23,24)25)27(2)19(28)30;1-2-6-21-15-13(4-3-5-18-15)22-14-8-12(19-9-20)11(17)7-10(14)16;1-2-6-19-14-12(4-3-5-18-14)20-13-8-11(17)10(16)7-9(13)15;1-4-9-7(8)5-6(2)3;2-1(3)4;3*2-1-3;;;;/h4-6,8-10H,3,7H2,1-2H3;3-5,7-8H,2,6H2,1H3;3-5,7-8H,2,6,17H2,1H3;5H,4H2,1-3H3;;;;;3*1H4;1H. The number of rotatable bonds is 19. The van der Waals surface area contributed by atoms with Crippen molar-refractivity contribution in [2.75, 3.05) is 32.2 Å². The van der Waals surface area contributed by atoms with Crippen LogP contribution < -0.4 is 45.4 Å². The number of esters is 1. The molecular formula is C63H67Cl5F6IN7O18. The number of anilines is 1. The number of carbonyl (C=O) groups is 2. The van der Waals surface area contributed by atoms with Crippen molar-refractivity contribution in [3.8, 4) is 57.8 Å². The molecule has 2 N–H and O–H groups in total. The first-order chi connectivity index (χ1) is 45.4. The molecular weight excluding hydrogens is 1560 g/mol. The van der Waals surface area contributed by atoms with Gasteiger partial charge in [-0.2, -0.15) is 46.9 Å². The number of aromatic nitrogens is 5. The van der Waals surface area contributed by atoms with Crippen molar-refractivity contribution in [3.63, 3.8) is 0 Å². The normalized spacial score (nSPS) is 9.18. The molecule has 0 unspecified atom stereocenters. The zero-order valence-corrected chi connectivity index (χ0v) is 57.5. The molecule has 4 heterocycles. The summed E-state index contributed by atoms with van der Waals surface area (Å²) in [6, 6.07) is 16.3. The molecule has 0 amide bonds. The van der Waals surface area contributed by atoms with Gasteiger partial charge in [0.2, 0.25) is 6.08 Å². The molecule has 0 atom stereocenters. The SMILES string of the molecule is C.C.C.CCCOc1ncccc1Oc1cc(-n2c(=O)cc(C(F)(F)F)n(C)c2=O)c(F)cc1Cl.CCCOc1ncccc1Oc1cc(N)c(F)cc1Cl.CCCOc1ncccc1Oc1cc(N=C=O)c(F)cc1Cl.CCOC(=O)C=C(C)C.I.O=C(Cl)Cl.O=C=O.O=C=O.O=C=O. The molecule has 0 radical (unpaired) electrons. The number of nitrogens with two attached hydrogens (primary N) is 1. The zero-order chi connectivity index (χ0) is 73.1. The number of carbonyl (C=O) groups excluding carboxylic acids is 9. The minimum absolute atomic E-state index is 0. The number of nitrogen functional groups attached to an aromatic ring is 1. The Bertz CT molecular complexity index is 3970. The monoisotopic (exact) mass is 1630 g/mol. The molecule has 37 heteroatoms. The number of isocyanates is 1.